The Morgan fingerprint density at radius 1 is 1.38 bits per heavy atom. The van der Waals surface area contributed by atoms with E-state index in [1.807, 2.05) is 14.0 Å². The molecule has 0 saturated heterocycles. The predicted molar refractivity (Wildman–Crippen MR) is 62.2 cm³/mol. The van der Waals surface area contributed by atoms with Gasteiger partial charge in [0.1, 0.15) is 0 Å². The quantitative estimate of drug-likeness (QED) is 0.598. The fraction of sp³-hybridized carbons (Fsp3) is 0.818. The maximum atomic E-state index is 11.3. The lowest BCUT2D eigenvalue weighted by Gasteiger charge is -2.20. The van der Waals surface area contributed by atoms with Crippen molar-refractivity contribution < 1.29 is 14.7 Å². The highest BCUT2D eigenvalue weighted by atomic mass is 16.4. The second-order valence-corrected chi connectivity index (χ2v) is 4.13. The number of amides is 1. The highest BCUT2D eigenvalue weighted by molar-refractivity contribution is 5.78. The van der Waals surface area contributed by atoms with Gasteiger partial charge >= 0.3 is 5.97 Å². The zero-order valence-electron chi connectivity index (χ0n) is 10.3. The Bertz CT molecular complexity index is 231. The molecule has 0 aliphatic carbocycles. The number of carboxylic acids is 1. The summed E-state index contributed by atoms with van der Waals surface area (Å²) >= 11 is 0. The maximum Gasteiger partial charge on any atom is 0.303 e. The van der Waals surface area contributed by atoms with E-state index >= 15 is 0 Å². The summed E-state index contributed by atoms with van der Waals surface area (Å²) < 4.78 is 0. The van der Waals surface area contributed by atoms with Crippen molar-refractivity contribution in [1.82, 2.24) is 10.2 Å². The highest BCUT2D eigenvalue weighted by Gasteiger charge is 2.13. The molecule has 0 aliphatic heterocycles. The number of nitrogens with zero attached hydrogens (tertiary/aromatic N) is 1. The molecule has 0 rings (SSSR count). The predicted octanol–water partition coefficient (Wildman–Crippen LogP) is 0.555. The number of unbranched alkanes of at least 4 members (excludes halogenated alkanes) is 1. The average molecular weight is 230 g/mol. The van der Waals surface area contributed by atoms with Crippen LogP contribution in [-0.2, 0) is 9.59 Å². The van der Waals surface area contributed by atoms with Crippen LogP contribution in [0.1, 0.15) is 26.2 Å². The van der Waals surface area contributed by atoms with Crippen LogP contribution in [0.3, 0.4) is 0 Å². The Morgan fingerprint density at radius 2 is 2.00 bits per heavy atom. The zero-order chi connectivity index (χ0) is 12.6. The van der Waals surface area contributed by atoms with Crippen LogP contribution >= 0.6 is 0 Å². The molecule has 1 atom stereocenters. The standard InChI is InChI=1S/C11H22N2O3/c1-9(11(16)12-2)8-13(3)7-5-4-6-10(14)15/h9H,4-8H2,1-3H3,(H,12,16)(H,14,15). The molecule has 0 fully saturated rings. The van der Waals surface area contributed by atoms with Crippen molar-refractivity contribution in [1.29, 1.82) is 0 Å². The van der Waals surface area contributed by atoms with Crippen molar-refractivity contribution in [2.24, 2.45) is 5.92 Å². The van der Waals surface area contributed by atoms with Gasteiger partial charge < -0.3 is 15.3 Å². The van der Waals surface area contributed by atoms with Gasteiger partial charge in [-0.3, -0.25) is 9.59 Å². The van der Waals surface area contributed by atoms with Crippen molar-refractivity contribution >= 4 is 11.9 Å². The first-order chi connectivity index (χ1) is 7.47. The number of carbonyl (C=O) groups is 2. The van der Waals surface area contributed by atoms with E-state index in [1.54, 1.807) is 7.05 Å². The molecule has 2 N–H and O–H groups in total. The Hall–Kier alpha value is -1.10. The van der Waals surface area contributed by atoms with Crippen LogP contribution in [0.5, 0.6) is 0 Å². The second kappa shape index (κ2) is 8.10. The van der Waals surface area contributed by atoms with Crippen LogP contribution < -0.4 is 5.32 Å². The van der Waals surface area contributed by atoms with Crippen LogP contribution in [0, 0.1) is 5.92 Å². The summed E-state index contributed by atoms with van der Waals surface area (Å²) in [6.07, 6.45) is 1.76. The first-order valence-electron chi connectivity index (χ1n) is 5.59. The van der Waals surface area contributed by atoms with E-state index in [2.05, 4.69) is 10.2 Å². The van der Waals surface area contributed by atoms with Gasteiger partial charge in [-0.05, 0) is 26.4 Å². The molecule has 0 aromatic rings. The van der Waals surface area contributed by atoms with Crippen molar-refractivity contribution in [3.63, 3.8) is 0 Å². The van der Waals surface area contributed by atoms with Gasteiger partial charge in [0.05, 0.1) is 0 Å². The van der Waals surface area contributed by atoms with Crippen LogP contribution in [0.15, 0.2) is 0 Å². The molecule has 16 heavy (non-hydrogen) atoms. The minimum Gasteiger partial charge on any atom is -0.481 e. The molecule has 0 saturated carbocycles. The van der Waals surface area contributed by atoms with Crippen LogP contribution in [0.25, 0.3) is 0 Å². The normalized spacial score (nSPS) is 12.5. The van der Waals surface area contributed by atoms with Gasteiger partial charge in [0.25, 0.3) is 0 Å². The van der Waals surface area contributed by atoms with Crippen LogP contribution in [0.2, 0.25) is 0 Å². The highest BCUT2D eigenvalue weighted by Crippen LogP contribution is 2.01. The summed E-state index contributed by atoms with van der Waals surface area (Å²) in [6.45, 7) is 3.41. The van der Waals surface area contributed by atoms with E-state index < -0.39 is 5.97 Å². The Labute approximate surface area is 96.8 Å². The Morgan fingerprint density at radius 3 is 2.50 bits per heavy atom. The first kappa shape index (κ1) is 14.9. The van der Waals surface area contributed by atoms with E-state index in [0.717, 1.165) is 13.0 Å². The molecule has 0 aromatic heterocycles. The van der Waals surface area contributed by atoms with E-state index in [0.29, 0.717) is 13.0 Å². The van der Waals surface area contributed by atoms with Gasteiger partial charge in [-0.25, -0.2) is 0 Å². The molecule has 0 heterocycles. The lowest BCUT2D eigenvalue weighted by Crippen LogP contribution is -2.34. The molecule has 5 nitrogen and oxygen atoms in total. The minimum atomic E-state index is -0.749. The third kappa shape index (κ3) is 7.23. The van der Waals surface area contributed by atoms with Crippen LogP contribution in [-0.4, -0.2) is 49.1 Å². The second-order valence-electron chi connectivity index (χ2n) is 4.13. The molecule has 0 bridgehead atoms. The number of aliphatic carboxylic acids is 1. The van der Waals surface area contributed by atoms with Crippen molar-refractivity contribution in [3.05, 3.63) is 0 Å². The van der Waals surface area contributed by atoms with Gasteiger partial charge in [-0.15, -0.1) is 0 Å². The molecule has 0 aromatic carbocycles. The fourth-order valence-electron chi connectivity index (χ4n) is 1.55. The first-order valence-corrected chi connectivity index (χ1v) is 5.59. The topological polar surface area (TPSA) is 69.6 Å². The van der Waals surface area contributed by atoms with Gasteiger partial charge in [0.2, 0.25) is 5.91 Å². The number of hydrogen-bond donors (Lipinski definition) is 2. The average Bonchev–Trinajstić information content (AvgIpc) is 2.22. The molecule has 0 aliphatic rings. The lowest BCUT2D eigenvalue weighted by molar-refractivity contribution is -0.137. The van der Waals surface area contributed by atoms with E-state index in [1.165, 1.54) is 0 Å². The molecule has 0 spiro atoms. The molecule has 1 unspecified atom stereocenters. The Kier molecular flexibility index (Phi) is 7.54. The summed E-state index contributed by atoms with van der Waals surface area (Å²) in [5, 5.41) is 11.1. The van der Waals surface area contributed by atoms with E-state index in [-0.39, 0.29) is 18.2 Å². The SMILES string of the molecule is CNC(=O)C(C)CN(C)CCCCC(=O)O. The monoisotopic (exact) mass is 230 g/mol. The van der Waals surface area contributed by atoms with Crippen molar-refractivity contribution in [3.8, 4) is 0 Å². The van der Waals surface area contributed by atoms with Gasteiger partial charge in [-0.1, -0.05) is 6.92 Å². The largest absolute Gasteiger partial charge is 0.481 e. The molecular weight excluding hydrogens is 208 g/mol. The summed E-state index contributed by atoms with van der Waals surface area (Å²) in [4.78, 5) is 23.6. The number of carboxylic acid groups (broad SMARTS) is 1. The summed E-state index contributed by atoms with van der Waals surface area (Å²) in [5.74, 6) is -0.742. The number of nitrogens with one attached hydrogen (secondary N) is 1. The number of rotatable bonds is 8. The smallest absolute Gasteiger partial charge is 0.303 e. The molecule has 0 radical (unpaired) electrons. The molecule has 94 valence electrons. The van der Waals surface area contributed by atoms with E-state index in [4.69, 9.17) is 5.11 Å². The van der Waals surface area contributed by atoms with Gasteiger partial charge in [0.15, 0.2) is 0 Å². The molecule has 5 heteroatoms. The molecule has 1 amide bonds. The summed E-state index contributed by atoms with van der Waals surface area (Å²) in [5.41, 5.74) is 0. The van der Waals surface area contributed by atoms with Crippen molar-refractivity contribution in [2.45, 2.75) is 26.2 Å². The maximum absolute atomic E-state index is 11.3. The van der Waals surface area contributed by atoms with Gasteiger partial charge in [-0.2, -0.15) is 0 Å². The van der Waals surface area contributed by atoms with Gasteiger partial charge in [0, 0.05) is 25.9 Å². The third-order valence-electron chi connectivity index (χ3n) is 2.46. The fourth-order valence-corrected chi connectivity index (χ4v) is 1.55. The minimum absolute atomic E-state index is 0.0329. The van der Waals surface area contributed by atoms with Crippen molar-refractivity contribution in [2.75, 3.05) is 27.2 Å². The van der Waals surface area contributed by atoms with E-state index in [9.17, 15) is 9.59 Å². The number of carbonyl (C=O) groups excluding carboxylic acids is 1. The van der Waals surface area contributed by atoms with Crippen LogP contribution in [0.4, 0.5) is 0 Å². The zero-order valence-corrected chi connectivity index (χ0v) is 10.3. The summed E-state index contributed by atoms with van der Waals surface area (Å²) in [6, 6.07) is 0. The Balaban J connectivity index is 3.61. The third-order valence-corrected chi connectivity index (χ3v) is 2.46. The molecular formula is C11H22N2O3. The summed E-state index contributed by atoms with van der Waals surface area (Å²) in [7, 11) is 3.58. The number of hydrogen-bond acceptors (Lipinski definition) is 3. The lowest BCUT2D eigenvalue weighted by atomic mass is 10.1.